The van der Waals surface area contributed by atoms with Crippen LogP contribution < -0.4 is 0 Å². The molecule has 1 heterocycles. The maximum Gasteiger partial charge on any atom is 0.242 e. The average Bonchev–Trinajstić information content (AvgIpc) is 3.05. The summed E-state index contributed by atoms with van der Waals surface area (Å²) in [5.41, 5.74) is 2.00. The van der Waals surface area contributed by atoms with Gasteiger partial charge in [0.2, 0.25) is 11.8 Å². The number of halogens is 1. The summed E-state index contributed by atoms with van der Waals surface area (Å²) in [6.07, 6.45) is 0. The summed E-state index contributed by atoms with van der Waals surface area (Å²) < 4.78 is 13.3. The van der Waals surface area contributed by atoms with Gasteiger partial charge in [0.15, 0.2) is 0 Å². The van der Waals surface area contributed by atoms with Crippen LogP contribution in [0.25, 0.3) is 0 Å². The third-order valence-corrected chi connectivity index (χ3v) is 5.67. The summed E-state index contributed by atoms with van der Waals surface area (Å²) in [7, 11) is 0. The first-order valence-corrected chi connectivity index (χ1v) is 10.9. The predicted molar refractivity (Wildman–Crippen MR) is 116 cm³/mol. The first-order chi connectivity index (χ1) is 13.7. The summed E-state index contributed by atoms with van der Waals surface area (Å²) in [6.45, 7) is 11.3. The molecule has 29 heavy (non-hydrogen) atoms. The Labute approximate surface area is 177 Å². The molecule has 0 saturated carbocycles. The fraction of sp³-hybridized carbons (Fsp3) is 0.478. The van der Waals surface area contributed by atoms with Crippen LogP contribution in [0.5, 0.6) is 0 Å². The Morgan fingerprint density at radius 1 is 1.00 bits per heavy atom. The van der Waals surface area contributed by atoms with Crippen LogP contribution in [0.4, 0.5) is 4.39 Å². The van der Waals surface area contributed by atoms with Crippen LogP contribution >= 0.6 is 11.3 Å². The minimum absolute atomic E-state index is 0.0129. The van der Waals surface area contributed by atoms with Gasteiger partial charge in [-0.2, -0.15) is 0 Å². The molecule has 0 fully saturated rings. The molecule has 0 saturated heterocycles. The van der Waals surface area contributed by atoms with Crippen LogP contribution in [0.2, 0.25) is 0 Å². The van der Waals surface area contributed by atoms with Crippen LogP contribution in [0, 0.1) is 24.6 Å². The molecule has 0 aliphatic heterocycles. The fourth-order valence-electron chi connectivity index (χ4n) is 3.08. The van der Waals surface area contributed by atoms with Crippen molar-refractivity contribution in [3.8, 4) is 0 Å². The number of amides is 2. The van der Waals surface area contributed by atoms with Crippen molar-refractivity contribution < 1.29 is 14.0 Å². The average molecular weight is 419 g/mol. The topological polar surface area (TPSA) is 40.6 Å². The molecule has 0 spiro atoms. The zero-order valence-corrected chi connectivity index (χ0v) is 18.8. The van der Waals surface area contributed by atoms with Crippen molar-refractivity contribution in [2.24, 2.45) is 11.8 Å². The zero-order valence-electron chi connectivity index (χ0n) is 17.9. The Kier molecular flexibility index (Phi) is 8.38. The van der Waals surface area contributed by atoms with Gasteiger partial charge in [-0.3, -0.25) is 9.59 Å². The Bertz CT molecular complexity index is 815. The van der Waals surface area contributed by atoms with Gasteiger partial charge in [-0.25, -0.2) is 4.39 Å². The molecule has 1 aromatic heterocycles. The van der Waals surface area contributed by atoms with Crippen molar-refractivity contribution in [2.75, 3.05) is 13.1 Å². The van der Waals surface area contributed by atoms with E-state index in [1.165, 1.54) is 12.1 Å². The highest BCUT2D eigenvalue weighted by Gasteiger charge is 2.24. The lowest BCUT2D eigenvalue weighted by molar-refractivity contribution is -0.143. The number of carbonyl (C=O) groups excluding carboxylic acids is 2. The van der Waals surface area contributed by atoms with Crippen molar-refractivity contribution in [1.82, 2.24) is 9.80 Å². The molecule has 158 valence electrons. The summed E-state index contributed by atoms with van der Waals surface area (Å²) >= 11 is 1.61. The zero-order chi connectivity index (χ0) is 21.6. The monoisotopic (exact) mass is 418 g/mol. The summed E-state index contributed by atoms with van der Waals surface area (Å²) in [6, 6.07) is 8.24. The van der Waals surface area contributed by atoms with Crippen LogP contribution in [-0.2, 0) is 22.7 Å². The van der Waals surface area contributed by atoms with E-state index in [4.69, 9.17) is 0 Å². The van der Waals surface area contributed by atoms with Gasteiger partial charge in [-0.1, -0.05) is 39.8 Å². The molecule has 0 bridgehead atoms. The lowest BCUT2D eigenvalue weighted by Crippen LogP contribution is -2.45. The maximum absolute atomic E-state index is 13.3. The quantitative estimate of drug-likeness (QED) is 0.583. The van der Waals surface area contributed by atoms with Gasteiger partial charge in [-0.15, -0.1) is 11.3 Å². The van der Waals surface area contributed by atoms with Crippen LogP contribution in [0.15, 0.2) is 35.7 Å². The lowest BCUT2D eigenvalue weighted by atomic mass is 10.1. The lowest BCUT2D eigenvalue weighted by Gasteiger charge is -2.30. The SMILES string of the molecule is Cc1ccsc1CN(Cc1ccc(F)cc1)C(=O)CN(CC(C)C)C(=O)C(C)C. The number of aryl methyl sites for hydroxylation is 1. The minimum atomic E-state index is -0.300. The van der Waals surface area contributed by atoms with E-state index in [9.17, 15) is 14.0 Å². The molecule has 0 N–H and O–H groups in total. The van der Waals surface area contributed by atoms with Crippen molar-refractivity contribution in [2.45, 2.75) is 47.7 Å². The van der Waals surface area contributed by atoms with E-state index in [-0.39, 0.29) is 36.0 Å². The number of nitrogens with zero attached hydrogens (tertiary/aromatic N) is 2. The highest BCUT2D eigenvalue weighted by molar-refractivity contribution is 7.10. The summed E-state index contributed by atoms with van der Waals surface area (Å²) in [5.74, 6) is -0.300. The van der Waals surface area contributed by atoms with Gasteiger partial charge in [0.25, 0.3) is 0 Å². The van der Waals surface area contributed by atoms with Gasteiger partial charge >= 0.3 is 0 Å². The van der Waals surface area contributed by atoms with Gasteiger partial charge in [0, 0.05) is 23.9 Å². The highest BCUT2D eigenvalue weighted by atomic mass is 32.1. The third kappa shape index (κ3) is 6.96. The molecule has 2 rings (SSSR count). The molecule has 0 aliphatic rings. The second-order valence-corrected chi connectivity index (χ2v) is 9.17. The first kappa shape index (κ1) is 23.1. The highest BCUT2D eigenvalue weighted by Crippen LogP contribution is 2.20. The normalized spacial score (nSPS) is 11.2. The number of hydrogen-bond acceptors (Lipinski definition) is 3. The second-order valence-electron chi connectivity index (χ2n) is 8.17. The smallest absolute Gasteiger partial charge is 0.242 e. The van der Waals surface area contributed by atoms with Crippen LogP contribution in [0.3, 0.4) is 0 Å². The number of rotatable bonds is 9. The Hall–Kier alpha value is -2.21. The molecule has 0 unspecified atom stereocenters. The van der Waals surface area contributed by atoms with Crippen molar-refractivity contribution in [1.29, 1.82) is 0 Å². The minimum Gasteiger partial charge on any atom is -0.333 e. The molecular weight excluding hydrogens is 387 g/mol. The molecule has 4 nitrogen and oxygen atoms in total. The van der Waals surface area contributed by atoms with E-state index in [0.717, 1.165) is 16.0 Å². The van der Waals surface area contributed by atoms with E-state index in [0.29, 0.717) is 19.6 Å². The molecule has 0 aliphatic carbocycles. The van der Waals surface area contributed by atoms with Crippen molar-refractivity contribution >= 4 is 23.2 Å². The number of thiophene rings is 1. The summed E-state index contributed by atoms with van der Waals surface area (Å²) in [4.78, 5) is 30.4. The van der Waals surface area contributed by atoms with Gasteiger partial charge in [-0.05, 0) is 47.5 Å². The number of benzene rings is 1. The Balaban J connectivity index is 2.22. The Morgan fingerprint density at radius 2 is 1.66 bits per heavy atom. The van der Waals surface area contributed by atoms with E-state index < -0.39 is 0 Å². The van der Waals surface area contributed by atoms with Crippen LogP contribution in [0.1, 0.15) is 43.7 Å². The van der Waals surface area contributed by atoms with E-state index in [1.54, 1.807) is 33.3 Å². The van der Waals surface area contributed by atoms with E-state index in [1.807, 2.05) is 46.1 Å². The maximum atomic E-state index is 13.3. The molecular formula is C23H31FN2O2S. The molecule has 2 amide bonds. The Morgan fingerprint density at radius 3 is 2.17 bits per heavy atom. The number of carbonyl (C=O) groups is 2. The first-order valence-electron chi connectivity index (χ1n) is 10.0. The predicted octanol–water partition coefficient (Wildman–Crippen LogP) is 4.87. The van der Waals surface area contributed by atoms with Gasteiger partial charge in [0.1, 0.15) is 5.82 Å². The van der Waals surface area contributed by atoms with E-state index in [2.05, 4.69) is 0 Å². The molecule has 0 radical (unpaired) electrons. The van der Waals surface area contributed by atoms with E-state index >= 15 is 0 Å². The van der Waals surface area contributed by atoms with Crippen molar-refractivity contribution in [3.63, 3.8) is 0 Å². The largest absolute Gasteiger partial charge is 0.333 e. The van der Waals surface area contributed by atoms with Gasteiger partial charge in [0.05, 0.1) is 13.1 Å². The molecule has 2 aromatic rings. The second kappa shape index (κ2) is 10.5. The fourth-order valence-corrected chi connectivity index (χ4v) is 4.00. The molecule has 6 heteroatoms. The third-order valence-electron chi connectivity index (χ3n) is 4.66. The van der Waals surface area contributed by atoms with Gasteiger partial charge < -0.3 is 9.80 Å². The molecule has 1 aromatic carbocycles. The van der Waals surface area contributed by atoms with Crippen molar-refractivity contribution in [3.05, 3.63) is 57.5 Å². The standard InChI is InChI=1S/C23H31FN2O2S/c1-16(2)12-26(23(28)17(3)4)15-22(27)25(14-21-18(5)10-11-29-21)13-19-6-8-20(24)9-7-19/h6-11,16-17H,12-15H2,1-5H3. The number of hydrogen-bond donors (Lipinski definition) is 0. The van der Waals surface area contributed by atoms with Crippen LogP contribution in [-0.4, -0.2) is 34.7 Å². The summed E-state index contributed by atoms with van der Waals surface area (Å²) in [5, 5.41) is 2.01. The molecule has 0 atom stereocenters.